The first-order chi connectivity index (χ1) is 11.6. The fourth-order valence-corrected chi connectivity index (χ4v) is 2.58. The molecule has 2 amide bonds. The van der Waals surface area contributed by atoms with Gasteiger partial charge in [-0.05, 0) is 30.5 Å². The second kappa shape index (κ2) is 6.74. The van der Waals surface area contributed by atoms with Crippen molar-refractivity contribution < 1.29 is 14.3 Å². The topological polar surface area (TPSA) is 67.4 Å². The highest BCUT2D eigenvalue weighted by Crippen LogP contribution is 2.47. The number of hydrogen-bond acceptors (Lipinski definition) is 3. The summed E-state index contributed by atoms with van der Waals surface area (Å²) in [5.41, 5.74) is 0.689. The Kier molecular flexibility index (Phi) is 4.51. The zero-order valence-electron chi connectivity index (χ0n) is 13.5. The van der Waals surface area contributed by atoms with Crippen molar-refractivity contribution in [3.05, 3.63) is 60.2 Å². The lowest BCUT2D eigenvalue weighted by Gasteiger charge is -2.16. The van der Waals surface area contributed by atoms with Crippen LogP contribution in [0.5, 0.6) is 5.75 Å². The number of benzene rings is 2. The first kappa shape index (κ1) is 16.1. The van der Waals surface area contributed by atoms with E-state index in [2.05, 4.69) is 10.6 Å². The number of nitrogens with one attached hydrogen (secondary N) is 2. The molecular formula is C19H20N2O3. The fraction of sp³-hybridized carbons (Fsp3) is 0.263. The van der Waals surface area contributed by atoms with Crippen molar-refractivity contribution in [3.8, 4) is 5.75 Å². The molecule has 1 aliphatic rings. The van der Waals surface area contributed by atoms with E-state index in [-0.39, 0.29) is 11.8 Å². The molecule has 0 aliphatic heterocycles. The van der Waals surface area contributed by atoms with Crippen LogP contribution in [-0.2, 0) is 16.1 Å². The van der Waals surface area contributed by atoms with E-state index in [1.165, 1.54) is 0 Å². The summed E-state index contributed by atoms with van der Waals surface area (Å²) >= 11 is 0. The molecule has 1 fully saturated rings. The van der Waals surface area contributed by atoms with Crippen molar-refractivity contribution in [1.82, 2.24) is 5.32 Å². The molecule has 0 heterocycles. The number of methoxy groups -OCH3 is 1. The Hall–Kier alpha value is -2.82. The van der Waals surface area contributed by atoms with Gasteiger partial charge in [-0.2, -0.15) is 0 Å². The van der Waals surface area contributed by atoms with Crippen molar-refractivity contribution in [3.63, 3.8) is 0 Å². The van der Waals surface area contributed by atoms with Crippen molar-refractivity contribution >= 4 is 17.5 Å². The van der Waals surface area contributed by atoms with Crippen molar-refractivity contribution in [2.45, 2.75) is 19.4 Å². The van der Waals surface area contributed by atoms with Crippen LogP contribution in [0.15, 0.2) is 54.6 Å². The van der Waals surface area contributed by atoms with Crippen LogP contribution in [0.4, 0.5) is 5.69 Å². The van der Waals surface area contributed by atoms with Crippen LogP contribution in [0.3, 0.4) is 0 Å². The molecule has 124 valence electrons. The zero-order valence-corrected chi connectivity index (χ0v) is 13.5. The largest absolute Gasteiger partial charge is 0.497 e. The van der Waals surface area contributed by atoms with Gasteiger partial charge in [0.2, 0.25) is 11.8 Å². The predicted molar refractivity (Wildman–Crippen MR) is 91.6 cm³/mol. The van der Waals surface area contributed by atoms with E-state index in [1.54, 1.807) is 31.4 Å². The molecule has 5 heteroatoms. The van der Waals surface area contributed by atoms with Crippen LogP contribution in [0.2, 0.25) is 0 Å². The van der Waals surface area contributed by atoms with Gasteiger partial charge in [-0.25, -0.2) is 0 Å². The molecule has 3 rings (SSSR count). The highest BCUT2D eigenvalue weighted by atomic mass is 16.5. The summed E-state index contributed by atoms with van der Waals surface area (Å²) < 4.78 is 5.14. The Morgan fingerprint density at radius 3 is 2.46 bits per heavy atom. The Balaban J connectivity index is 1.62. The van der Waals surface area contributed by atoms with Gasteiger partial charge >= 0.3 is 0 Å². The minimum atomic E-state index is -0.947. The average Bonchev–Trinajstić information content (AvgIpc) is 3.43. The van der Waals surface area contributed by atoms with Gasteiger partial charge < -0.3 is 15.4 Å². The lowest BCUT2D eigenvalue weighted by atomic mass is 10.0. The Bertz CT molecular complexity index is 739. The maximum absolute atomic E-state index is 12.5. The molecule has 5 nitrogen and oxygen atoms in total. The second-order valence-corrected chi connectivity index (χ2v) is 5.94. The average molecular weight is 324 g/mol. The lowest BCUT2D eigenvalue weighted by molar-refractivity contribution is -0.134. The Morgan fingerprint density at radius 1 is 1.04 bits per heavy atom. The molecule has 0 saturated heterocycles. The smallest absolute Gasteiger partial charge is 0.240 e. The van der Waals surface area contributed by atoms with E-state index in [0.29, 0.717) is 30.8 Å². The van der Waals surface area contributed by atoms with E-state index in [0.717, 1.165) is 5.56 Å². The monoisotopic (exact) mass is 324 g/mol. The summed E-state index contributed by atoms with van der Waals surface area (Å²) in [5, 5.41) is 5.69. The maximum Gasteiger partial charge on any atom is 0.240 e. The van der Waals surface area contributed by atoms with Gasteiger partial charge in [-0.3, -0.25) is 9.59 Å². The fourth-order valence-electron chi connectivity index (χ4n) is 2.58. The van der Waals surface area contributed by atoms with Gasteiger partial charge in [0.25, 0.3) is 0 Å². The summed E-state index contributed by atoms with van der Waals surface area (Å²) in [7, 11) is 1.57. The molecule has 2 N–H and O–H groups in total. The number of anilines is 1. The molecule has 2 aromatic rings. The van der Waals surface area contributed by atoms with E-state index < -0.39 is 5.41 Å². The summed E-state index contributed by atoms with van der Waals surface area (Å²) in [6.45, 7) is 0.424. The first-order valence-electron chi connectivity index (χ1n) is 7.92. The SMILES string of the molecule is COc1cccc(NC(=O)C2(C(=O)NCc3ccccc3)CC2)c1. The summed E-state index contributed by atoms with van der Waals surface area (Å²) in [4.78, 5) is 25.0. The number of ether oxygens (including phenoxy) is 1. The third-order valence-electron chi connectivity index (χ3n) is 4.24. The maximum atomic E-state index is 12.5. The molecule has 0 spiro atoms. The molecule has 0 bridgehead atoms. The normalized spacial score (nSPS) is 14.5. The van der Waals surface area contributed by atoms with Crippen LogP contribution >= 0.6 is 0 Å². The van der Waals surface area contributed by atoms with Gasteiger partial charge in [-0.1, -0.05) is 36.4 Å². The van der Waals surface area contributed by atoms with Gasteiger partial charge in [0.15, 0.2) is 0 Å². The van der Waals surface area contributed by atoms with Gasteiger partial charge in [0, 0.05) is 18.3 Å². The molecule has 24 heavy (non-hydrogen) atoms. The van der Waals surface area contributed by atoms with Crippen LogP contribution in [0, 0.1) is 5.41 Å². The third kappa shape index (κ3) is 3.40. The van der Waals surface area contributed by atoms with E-state index in [4.69, 9.17) is 4.74 Å². The van der Waals surface area contributed by atoms with E-state index >= 15 is 0 Å². The summed E-state index contributed by atoms with van der Waals surface area (Å²) in [6, 6.07) is 16.8. The molecule has 0 radical (unpaired) electrons. The number of amides is 2. The van der Waals surface area contributed by atoms with Gasteiger partial charge in [-0.15, -0.1) is 0 Å². The predicted octanol–water partition coefficient (Wildman–Crippen LogP) is 2.73. The molecule has 2 aromatic carbocycles. The molecule has 1 aliphatic carbocycles. The van der Waals surface area contributed by atoms with Gasteiger partial charge in [0.05, 0.1) is 7.11 Å². The van der Waals surface area contributed by atoms with E-state index in [1.807, 2.05) is 30.3 Å². The Morgan fingerprint density at radius 2 is 1.79 bits per heavy atom. The highest BCUT2D eigenvalue weighted by molar-refractivity contribution is 6.13. The van der Waals surface area contributed by atoms with Crippen molar-refractivity contribution in [2.24, 2.45) is 5.41 Å². The zero-order chi connectivity index (χ0) is 17.0. The first-order valence-corrected chi connectivity index (χ1v) is 7.92. The molecule has 1 saturated carbocycles. The van der Waals surface area contributed by atoms with Crippen LogP contribution in [0.25, 0.3) is 0 Å². The number of carbonyl (C=O) groups excluding carboxylic acids is 2. The number of hydrogen-bond donors (Lipinski definition) is 2. The minimum absolute atomic E-state index is 0.216. The molecule has 0 aromatic heterocycles. The number of rotatable bonds is 6. The molecular weight excluding hydrogens is 304 g/mol. The van der Waals surface area contributed by atoms with Crippen LogP contribution in [0.1, 0.15) is 18.4 Å². The molecule has 0 unspecified atom stereocenters. The Labute approximate surface area is 141 Å². The number of carbonyl (C=O) groups is 2. The second-order valence-electron chi connectivity index (χ2n) is 5.94. The third-order valence-corrected chi connectivity index (χ3v) is 4.24. The standard InChI is InChI=1S/C19H20N2O3/c1-24-16-9-5-8-15(12-16)21-18(23)19(10-11-19)17(22)20-13-14-6-3-2-4-7-14/h2-9,12H,10-11,13H2,1H3,(H,20,22)(H,21,23). The lowest BCUT2D eigenvalue weighted by Crippen LogP contribution is -2.39. The summed E-state index contributed by atoms with van der Waals surface area (Å²) in [6.07, 6.45) is 1.15. The van der Waals surface area contributed by atoms with Crippen LogP contribution < -0.4 is 15.4 Å². The van der Waals surface area contributed by atoms with Crippen molar-refractivity contribution in [2.75, 3.05) is 12.4 Å². The highest BCUT2D eigenvalue weighted by Gasteiger charge is 2.56. The quantitative estimate of drug-likeness (QED) is 0.803. The summed E-state index contributed by atoms with van der Waals surface area (Å²) in [5.74, 6) is 0.180. The van der Waals surface area contributed by atoms with Gasteiger partial charge in [0.1, 0.15) is 11.2 Å². The molecule has 0 atom stereocenters. The van der Waals surface area contributed by atoms with Crippen molar-refractivity contribution in [1.29, 1.82) is 0 Å². The van der Waals surface area contributed by atoms with Crippen LogP contribution in [-0.4, -0.2) is 18.9 Å². The van der Waals surface area contributed by atoms with E-state index in [9.17, 15) is 9.59 Å². The minimum Gasteiger partial charge on any atom is -0.497 e.